The normalized spacial score (nSPS) is 12.5. The molecule has 0 saturated heterocycles. The van der Waals surface area contributed by atoms with Crippen LogP contribution in [0.2, 0.25) is 0 Å². The Hall–Kier alpha value is -11.3. The number of benzene rings is 14. The molecule has 2 heterocycles. The fourth-order valence-corrected chi connectivity index (χ4v) is 14.4. The summed E-state index contributed by atoms with van der Waals surface area (Å²) in [4.78, 5) is 0. The molecule has 2 aromatic heterocycles. The molecular weight excluding hydrogens is 1050 g/mol. The zero-order valence-electron chi connectivity index (χ0n) is 47.7. The molecule has 0 spiro atoms. The number of nitrogens with zero attached hydrogens (tertiary/aromatic N) is 2. The molecule has 0 saturated carbocycles. The Labute approximate surface area is 506 Å². The Morgan fingerprint density at radius 1 is 0.184 bits per heavy atom. The Morgan fingerprint density at radius 3 is 1.03 bits per heavy atom. The lowest BCUT2D eigenvalue weighted by Crippen LogP contribution is -2.28. The number of hydrogen-bond acceptors (Lipinski definition) is 0. The van der Waals surface area contributed by atoms with E-state index in [1.165, 1.54) is 144 Å². The molecule has 2 nitrogen and oxygen atoms in total. The van der Waals surface area contributed by atoms with Crippen molar-refractivity contribution >= 4 is 43.6 Å². The van der Waals surface area contributed by atoms with Crippen molar-refractivity contribution in [2.75, 3.05) is 0 Å². The number of hydrogen-bond donors (Lipinski definition) is 0. The van der Waals surface area contributed by atoms with Crippen LogP contribution in [-0.4, -0.2) is 9.13 Å². The predicted octanol–water partition coefficient (Wildman–Crippen LogP) is 22.2. The monoisotopic (exact) mass is 1100 g/mol. The molecular formula is C85H56N2. The fourth-order valence-electron chi connectivity index (χ4n) is 14.4. The van der Waals surface area contributed by atoms with Gasteiger partial charge in [-0.15, -0.1) is 0 Å². The molecule has 2 heteroatoms. The second-order valence-corrected chi connectivity index (χ2v) is 23.2. The first kappa shape index (κ1) is 50.2. The summed E-state index contributed by atoms with van der Waals surface area (Å²) in [6.45, 7) is 0. The first-order valence-corrected chi connectivity index (χ1v) is 30.1. The summed E-state index contributed by atoms with van der Waals surface area (Å²) in [6, 6.07) is 125. The molecule has 0 aliphatic heterocycles. The number of aromatic nitrogens is 2. The maximum atomic E-state index is 2.42. The van der Waals surface area contributed by atoms with E-state index < -0.39 is 5.41 Å². The average molecular weight is 1110 g/mol. The van der Waals surface area contributed by atoms with Crippen LogP contribution in [0.15, 0.2) is 340 Å². The van der Waals surface area contributed by atoms with E-state index in [-0.39, 0.29) is 0 Å². The number of fused-ring (bicyclic) bond motifs is 9. The van der Waals surface area contributed by atoms with E-state index in [0.717, 1.165) is 11.4 Å². The summed E-state index contributed by atoms with van der Waals surface area (Å²) in [5, 5.41) is 4.96. The summed E-state index contributed by atoms with van der Waals surface area (Å²) in [5.74, 6) is 0. The van der Waals surface area contributed by atoms with Crippen molar-refractivity contribution in [1.82, 2.24) is 9.13 Å². The molecule has 87 heavy (non-hydrogen) atoms. The lowest BCUT2D eigenvalue weighted by Gasteiger charge is -2.34. The van der Waals surface area contributed by atoms with Gasteiger partial charge in [0, 0.05) is 32.9 Å². The van der Waals surface area contributed by atoms with Crippen molar-refractivity contribution in [3.05, 3.63) is 362 Å². The van der Waals surface area contributed by atoms with E-state index in [2.05, 4.69) is 349 Å². The van der Waals surface area contributed by atoms with Gasteiger partial charge in [-0.25, -0.2) is 0 Å². The van der Waals surface area contributed by atoms with E-state index in [1.54, 1.807) is 0 Å². The molecule has 1 aliphatic carbocycles. The Bertz CT molecular complexity index is 5250. The van der Waals surface area contributed by atoms with E-state index in [0.29, 0.717) is 0 Å². The lowest BCUT2D eigenvalue weighted by atomic mass is 9.67. The SMILES string of the molecule is c1ccc(-c2cccc(-n3c4ccccc4c4cc(-c5ccc6c(c5)c5ccccc5n6-c5ccc(-c6cccc(-c7ccc(-c8cccc(-c9ccc(C%10(c%11ccccc%11)c%11ccccc%11-c%11ccccc%11%10)cc9)c8)cc7)c6)cc5)ccc43)c2)cc1. The van der Waals surface area contributed by atoms with Crippen LogP contribution >= 0.6 is 0 Å². The van der Waals surface area contributed by atoms with Crippen LogP contribution in [0.4, 0.5) is 0 Å². The minimum atomic E-state index is -0.411. The third-order valence-corrected chi connectivity index (χ3v) is 18.4. The summed E-state index contributed by atoms with van der Waals surface area (Å²) < 4.78 is 4.83. The summed E-state index contributed by atoms with van der Waals surface area (Å²) in [6.07, 6.45) is 0. The zero-order chi connectivity index (χ0) is 57.4. The summed E-state index contributed by atoms with van der Waals surface area (Å²) >= 11 is 0. The first-order valence-electron chi connectivity index (χ1n) is 30.1. The van der Waals surface area contributed by atoms with Crippen LogP contribution in [0.1, 0.15) is 22.3 Å². The van der Waals surface area contributed by atoms with Crippen LogP contribution in [0.5, 0.6) is 0 Å². The quantitative estimate of drug-likeness (QED) is 0.129. The topological polar surface area (TPSA) is 9.86 Å². The lowest BCUT2D eigenvalue weighted by molar-refractivity contribution is 0.768. The van der Waals surface area contributed by atoms with Gasteiger partial charge in [-0.05, 0) is 173 Å². The van der Waals surface area contributed by atoms with Gasteiger partial charge in [-0.2, -0.15) is 0 Å². The van der Waals surface area contributed by atoms with Crippen molar-refractivity contribution in [3.8, 4) is 89.3 Å². The van der Waals surface area contributed by atoms with Gasteiger partial charge < -0.3 is 9.13 Å². The highest BCUT2D eigenvalue weighted by atomic mass is 15.0. The van der Waals surface area contributed by atoms with Crippen molar-refractivity contribution in [3.63, 3.8) is 0 Å². The van der Waals surface area contributed by atoms with Crippen molar-refractivity contribution in [1.29, 1.82) is 0 Å². The molecule has 14 aromatic carbocycles. The van der Waals surface area contributed by atoms with Gasteiger partial charge in [-0.3, -0.25) is 0 Å². The minimum absolute atomic E-state index is 0.411. The highest BCUT2D eigenvalue weighted by molar-refractivity contribution is 6.13. The highest BCUT2D eigenvalue weighted by Crippen LogP contribution is 2.56. The summed E-state index contributed by atoms with van der Waals surface area (Å²) in [7, 11) is 0. The molecule has 0 amide bonds. The summed E-state index contributed by atoms with van der Waals surface area (Å²) in [5.41, 5.74) is 28.8. The molecule has 0 unspecified atom stereocenters. The van der Waals surface area contributed by atoms with Crippen molar-refractivity contribution in [2.24, 2.45) is 0 Å². The molecule has 17 rings (SSSR count). The zero-order valence-corrected chi connectivity index (χ0v) is 47.7. The van der Waals surface area contributed by atoms with Gasteiger partial charge in [-0.1, -0.05) is 267 Å². The largest absolute Gasteiger partial charge is 0.309 e. The van der Waals surface area contributed by atoms with Crippen LogP contribution in [-0.2, 0) is 5.41 Å². The van der Waals surface area contributed by atoms with Gasteiger partial charge in [0.1, 0.15) is 0 Å². The third kappa shape index (κ3) is 8.25. The Kier molecular flexibility index (Phi) is 11.8. The highest BCUT2D eigenvalue weighted by Gasteiger charge is 2.45. The molecule has 0 radical (unpaired) electrons. The van der Waals surface area contributed by atoms with Crippen LogP contribution in [0.25, 0.3) is 133 Å². The second kappa shape index (κ2) is 20.5. The Balaban J connectivity index is 0.636. The van der Waals surface area contributed by atoms with Crippen LogP contribution in [0, 0.1) is 0 Å². The fraction of sp³-hybridized carbons (Fsp3) is 0.0118. The van der Waals surface area contributed by atoms with Gasteiger partial charge in [0.25, 0.3) is 0 Å². The average Bonchev–Trinajstić information content (AvgIpc) is 1.65. The number of rotatable bonds is 10. The van der Waals surface area contributed by atoms with E-state index in [9.17, 15) is 0 Å². The second-order valence-electron chi connectivity index (χ2n) is 23.2. The molecule has 0 N–H and O–H groups in total. The standard InChI is InChI=1S/C85H56N2/c1-3-18-57(19-4-1)66-24-17-27-72(54-66)87-82-35-14-10-31-76(82)78-56-68(45-51-84(78)87)67-44-50-83-77(55-67)75-30-9-13-34-81(75)86(83)71-48-42-61(43-49-71)65-23-16-21-63(53-65)59-38-36-58(37-39-59)62-20-15-22-64(52-62)60-40-46-70(47-41-60)85(69-25-5-2-6-26-69)79-32-11-7-28-73(79)74-29-8-12-33-80(74)85/h1-56H. The van der Waals surface area contributed by atoms with E-state index in [4.69, 9.17) is 0 Å². The van der Waals surface area contributed by atoms with Gasteiger partial charge in [0.05, 0.1) is 27.5 Å². The van der Waals surface area contributed by atoms with E-state index in [1.807, 2.05) is 0 Å². The molecule has 0 atom stereocenters. The third-order valence-electron chi connectivity index (χ3n) is 18.4. The van der Waals surface area contributed by atoms with Crippen molar-refractivity contribution < 1.29 is 0 Å². The number of para-hydroxylation sites is 2. The molecule has 0 fully saturated rings. The van der Waals surface area contributed by atoms with Gasteiger partial charge in [0.15, 0.2) is 0 Å². The van der Waals surface area contributed by atoms with Crippen molar-refractivity contribution in [2.45, 2.75) is 5.41 Å². The maximum Gasteiger partial charge on any atom is 0.0713 e. The predicted molar refractivity (Wildman–Crippen MR) is 365 cm³/mol. The smallest absolute Gasteiger partial charge is 0.0713 e. The maximum absolute atomic E-state index is 2.42. The van der Waals surface area contributed by atoms with Gasteiger partial charge in [0.2, 0.25) is 0 Å². The van der Waals surface area contributed by atoms with E-state index >= 15 is 0 Å². The minimum Gasteiger partial charge on any atom is -0.309 e. The van der Waals surface area contributed by atoms with Crippen LogP contribution < -0.4 is 0 Å². The molecule has 1 aliphatic rings. The first-order chi connectivity index (χ1) is 43.1. The molecule has 16 aromatic rings. The molecule has 406 valence electrons. The molecule has 0 bridgehead atoms. The van der Waals surface area contributed by atoms with Crippen LogP contribution in [0.3, 0.4) is 0 Å². The Morgan fingerprint density at radius 2 is 0.517 bits per heavy atom. The van der Waals surface area contributed by atoms with Gasteiger partial charge >= 0.3 is 0 Å².